The molecule has 0 bridgehead atoms. The van der Waals surface area contributed by atoms with Crippen molar-refractivity contribution in [2.45, 2.75) is 26.7 Å². The number of rotatable bonds is 5. The molecule has 0 amide bonds. The van der Waals surface area contributed by atoms with E-state index in [1.54, 1.807) is 0 Å². The van der Waals surface area contributed by atoms with Crippen molar-refractivity contribution < 1.29 is 17.1 Å². The first-order valence-corrected chi connectivity index (χ1v) is 5.47. The molecule has 0 aliphatic heterocycles. The van der Waals surface area contributed by atoms with Crippen LogP contribution in [-0.2, 0) is 42.3 Å². The first kappa shape index (κ1) is 18.6. The van der Waals surface area contributed by atoms with Crippen LogP contribution in [0.25, 0.3) is 0 Å². The van der Waals surface area contributed by atoms with Crippen LogP contribution in [0, 0.1) is 0 Å². The predicted octanol–water partition coefficient (Wildman–Crippen LogP) is 0.239. The summed E-state index contributed by atoms with van der Waals surface area (Å²) in [6.07, 6.45) is 1.29. The number of hydrogen-bond donors (Lipinski definition) is 2. The van der Waals surface area contributed by atoms with Crippen molar-refractivity contribution >= 4 is 47.0 Å². The van der Waals surface area contributed by atoms with Crippen LogP contribution in [0.2, 0.25) is 0 Å². The van der Waals surface area contributed by atoms with Crippen molar-refractivity contribution in [3.63, 3.8) is 0 Å². The second-order valence-electron chi connectivity index (χ2n) is 2.68. The fourth-order valence-electron chi connectivity index (χ4n) is 0.884. The van der Waals surface area contributed by atoms with Crippen LogP contribution in [-0.4, -0.2) is 21.8 Å². The Labute approximate surface area is 122 Å². The summed E-state index contributed by atoms with van der Waals surface area (Å²) in [7, 11) is 0. The summed E-state index contributed by atoms with van der Waals surface area (Å²) in [6.45, 7) is 3.83. The molecule has 0 spiro atoms. The number of amidine groups is 2. The molecule has 0 aromatic rings. The molecule has 0 aliphatic carbocycles. The van der Waals surface area contributed by atoms with E-state index >= 15 is 0 Å². The van der Waals surface area contributed by atoms with Gasteiger partial charge in [0.25, 0.3) is 0 Å². The van der Waals surface area contributed by atoms with E-state index in [4.69, 9.17) is 11.5 Å². The molecule has 0 atom stereocenters. The largest absolute Gasteiger partial charge is 2.00 e. The number of nitrogens with zero attached hydrogens (tertiary/aromatic N) is 4. The third-order valence-electron chi connectivity index (χ3n) is 1.54. The fourth-order valence-corrected chi connectivity index (χ4v) is 0.966. The molecule has 17 heavy (non-hydrogen) atoms. The van der Waals surface area contributed by atoms with Crippen molar-refractivity contribution in [3.8, 4) is 0 Å². The van der Waals surface area contributed by atoms with Crippen molar-refractivity contribution in [2.75, 3.05) is 0 Å². The molecular weight excluding hydrogens is 308 g/mol. The smallest absolute Gasteiger partial charge is 0.741 e. The summed E-state index contributed by atoms with van der Waals surface area (Å²) in [5, 5.41) is 14.9. The molecule has 0 saturated heterocycles. The first-order chi connectivity index (χ1) is 7.51. The molecular formula is C8H14CuN6S2. The van der Waals surface area contributed by atoms with Crippen molar-refractivity contribution in [2.24, 2.45) is 31.9 Å². The molecule has 0 rings (SSSR count). The Morgan fingerprint density at radius 3 is 1.29 bits per heavy atom. The van der Waals surface area contributed by atoms with Gasteiger partial charge < -0.3 is 36.7 Å². The summed E-state index contributed by atoms with van der Waals surface area (Å²) >= 11 is 9.18. The van der Waals surface area contributed by atoms with E-state index < -0.39 is 0 Å². The van der Waals surface area contributed by atoms with E-state index in [1.165, 1.54) is 0 Å². The molecule has 99 valence electrons. The van der Waals surface area contributed by atoms with Gasteiger partial charge in [-0.1, -0.05) is 13.8 Å². The van der Waals surface area contributed by atoms with Gasteiger partial charge in [-0.15, -0.1) is 0 Å². The zero-order valence-electron chi connectivity index (χ0n) is 9.48. The Morgan fingerprint density at radius 1 is 0.824 bits per heavy atom. The minimum atomic E-state index is -0.0207. The van der Waals surface area contributed by atoms with Gasteiger partial charge in [-0.25, -0.2) is 0 Å². The van der Waals surface area contributed by atoms with Crippen LogP contribution < -0.4 is 11.5 Å². The third-order valence-corrected chi connectivity index (χ3v) is 1.70. The van der Waals surface area contributed by atoms with Crippen molar-refractivity contribution in [1.29, 1.82) is 0 Å². The second-order valence-corrected chi connectivity index (χ2v) is 3.51. The Hall–Kier alpha value is -0.761. The summed E-state index contributed by atoms with van der Waals surface area (Å²) in [4.78, 5) is 0. The standard InChI is InChI=1S/C8H16N6S2.Cu/c1-3-5(11-13-7(9)15)6(4-2)12-14-8(10)16;/h3-4H2,1-2H3,(H3,9,13,15)(H3,10,14,16);/q;+2/p-2/b11-5+,12-6+;. The van der Waals surface area contributed by atoms with Gasteiger partial charge in [-0.3, -0.25) is 0 Å². The maximum atomic E-state index is 5.21. The zero-order chi connectivity index (χ0) is 12.6. The van der Waals surface area contributed by atoms with Gasteiger partial charge in [0.1, 0.15) is 0 Å². The summed E-state index contributed by atoms with van der Waals surface area (Å²) in [5.41, 5.74) is 11.8. The first-order valence-electron chi connectivity index (χ1n) is 4.65. The van der Waals surface area contributed by atoms with E-state index in [2.05, 4.69) is 45.7 Å². The quantitative estimate of drug-likeness (QED) is 0.249. The maximum absolute atomic E-state index is 5.21. The SMILES string of the molecule is CCC(=N\N=C(\N)[S-])/C(CC)=N/N=C(/N)[S-].[Cu+2]. The van der Waals surface area contributed by atoms with Gasteiger partial charge in [0.05, 0.1) is 11.4 Å². The molecule has 0 aromatic heterocycles. The minimum absolute atomic E-state index is 0. The summed E-state index contributed by atoms with van der Waals surface area (Å²) < 4.78 is 0. The molecule has 0 saturated carbocycles. The number of nitrogens with two attached hydrogens (primary N) is 2. The van der Waals surface area contributed by atoms with Crippen LogP contribution in [0.15, 0.2) is 20.4 Å². The average molecular weight is 322 g/mol. The van der Waals surface area contributed by atoms with E-state index in [0.717, 1.165) is 0 Å². The maximum Gasteiger partial charge on any atom is 2.00 e. The van der Waals surface area contributed by atoms with E-state index in [9.17, 15) is 0 Å². The minimum Gasteiger partial charge on any atom is -0.741 e. The molecule has 0 unspecified atom stereocenters. The molecule has 0 heterocycles. The Kier molecular flexibility index (Phi) is 11.4. The van der Waals surface area contributed by atoms with Gasteiger partial charge in [0.15, 0.2) is 0 Å². The molecule has 9 heteroatoms. The van der Waals surface area contributed by atoms with Crippen LogP contribution >= 0.6 is 0 Å². The monoisotopic (exact) mass is 321 g/mol. The normalized spacial score (nSPS) is 14.5. The van der Waals surface area contributed by atoms with E-state index in [0.29, 0.717) is 24.3 Å². The summed E-state index contributed by atoms with van der Waals surface area (Å²) in [6, 6.07) is 0. The van der Waals surface area contributed by atoms with Crippen LogP contribution in [0.4, 0.5) is 0 Å². The van der Waals surface area contributed by atoms with Crippen molar-refractivity contribution in [3.05, 3.63) is 0 Å². The van der Waals surface area contributed by atoms with Gasteiger partial charge in [0.2, 0.25) is 0 Å². The molecule has 6 nitrogen and oxygen atoms in total. The van der Waals surface area contributed by atoms with Crippen LogP contribution in [0.5, 0.6) is 0 Å². The summed E-state index contributed by atoms with van der Waals surface area (Å²) in [5.74, 6) is 0. The Balaban J connectivity index is 0. The van der Waals surface area contributed by atoms with E-state index in [-0.39, 0.29) is 27.4 Å². The fraction of sp³-hybridized carbons (Fsp3) is 0.500. The zero-order valence-corrected chi connectivity index (χ0v) is 12.1. The van der Waals surface area contributed by atoms with Crippen LogP contribution in [0.1, 0.15) is 26.7 Å². The van der Waals surface area contributed by atoms with Gasteiger partial charge in [0, 0.05) is 0 Å². The van der Waals surface area contributed by atoms with E-state index in [1.807, 2.05) is 13.8 Å². The Bertz CT molecular complexity index is 308. The second kappa shape index (κ2) is 10.4. The van der Waals surface area contributed by atoms with Gasteiger partial charge in [-0.2, -0.15) is 20.4 Å². The molecule has 1 radical (unpaired) electrons. The number of hydrogen-bond acceptors (Lipinski definition) is 6. The van der Waals surface area contributed by atoms with Crippen molar-refractivity contribution in [1.82, 2.24) is 0 Å². The Morgan fingerprint density at radius 2 is 1.12 bits per heavy atom. The third kappa shape index (κ3) is 8.99. The predicted molar refractivity (Wildman–Crippen MR) is 73.4 cm³/mol. The topological polar surface area (TPSA) is 101 Å². The van der Waals surface area contributed by atoms with Gasteiger partial charge >= 0.3 is 17.1 Å². The molecule has 4 N–H and O–H groups in total. The molecule has 0 fully saturated rings. The van der Waals surface area contributed by atoms with Crippen LogP contribution in [0.3, 0.4) is 0 Å². The van der Waals surface area contributed by atoms with Gasteiger partial charge in [-0.05, 0) is 23.2 Å². The average Bonchev–Trinajstić information content (AvgIpc) is 2.22. The molecule has 0 aromatic carbocycles. The molecule has 0 aliphatic rings.